The van der Waals surface area contributed by atoms with Crippen LogP contribution >= 0.6 is 11.3 Å². The summed E-state index contributed by atoms with van der Waals surface area (Å²) in [5, 5.41) is 2.74. The Labute approximate surface area is 111 Å². The number of hydrogen-bond donors (Lipinski definition) is 0. The molecule has 0 atom stereocenters. The van der Waals surface area contributed by atoms with Crippen LogP contribution in [0.4, 0.5) is 0 Å². The highest BCUT2D eigenvalue weighted by Crippen LogP contribution is 2.08. The van der Waals surface area contributed by atoms with Gasteiger partial charge in [-0.2, -0.15) is 0 Å². The second kappa shape index (κ2) is 7.10. The van der Waals surface area contributed by atoms with E-state index in [1.807, 2.05) is 26.2 Å². The van der Waals surface area contributed by atoms with Gasteiger partial charge in [-0.3, -0.25) is 9.59 Å². The molecule has 18 heavy (non-hydrogen) atoms. The van der Waals surface area contributed by atoms with Crippen LogP contribution in [0.1, 0.15) is 24.5 Å². The maximum absolute atomic E-state index is 11.6. The van der Waals surface area contributed by atoms with Gasteiger partial charge < -0.3 is 9.64 Å². The molecule has 0 spiro atoms. The number of aryl methyl sites for hydroxylation is 1. The van der Waals surface area contributed by atoms with E-state index >= 15 is 0 Å². The van der Waals surface area contributed by atoms with E-state index in [0.29, 0.717) is 18.8 Å². The van der Waals surface area contributed by atoms with Crippen LogP contribution in [0.15, 0.2) is 5.38 Å². The zero-order valence-corrected chi connectivity index (χ0v) is 11.7. The molecule has 1 rings (SSSR count). The number of nitrogens with zero attached hydrogens (tertiary/aromatic N) is 2. The van der Waals surface area contributed by atoms with E-state index in [1.54, 1.807) is 4.90 Å². The van der Waals surface area contributed by atoms with Crippen LogP contribution in [0.5, 0.6) is 0 Å². The maximum atomic E-state index is 11.6. The van der Waals surface area contributed by atoms with Crippen molar-refractivity contribution in [3.63, 3.8) is 0 Å². The highest BCUT2D eigenvalue weighted by Gasteiger charge is 2.13. The molecule has 0 radical (unpaired) electrons. The smallest absolute Gasteiger partial charge is 0.312 e. The first-order valence-electron chi connectivity index (χ1n) is 5.91. The molecule has 1 aromatic heterocycles. The summed E-state index contributed by atoms with van der Waals surface area (Å²) in [6.07, 6.45) is 0.121. The monoisotopic (exact) mass is 270 g/mol. The third-order valence-corrected chi connectivity index (χ3v) is 3.29. The van der Waals surface area contributed by atoms with Gasteiger partial charge in [0.2, 0.25) is 0 Å². The minimum atomic E-state index is -0.416. The number of ether oxygens (including phenoxy) is 1. The molecule has 100 valence electrons. The predicted molar refractivity (Wildman–Crippen MR) is 69.4 cm³/mol. The number of carbonyl (C=O) groups excluding carboxylic acids is 2. The van der Waals surface area contributed by atoms with Crippen molar-refractivity contribution < 1.29 is 14.3 Å². The maximum Gasteiger partial charge on any atom is 0.312 e. The van der Waals surface area contributed by atoms with Crippen molar-refractivity contribution in [2.24, 2.45) is 0 Å². The molecular formula is C12H18N2O3S. The van der Waals surface area contributed by atoms with Crippen LogP contribution in [-0.4, -0.2) is 41.5 Å². The highest BCUT2D eigenvalue weighted by atomic mass is 32.1. The molecule has 0 aromatic carbocycles. The van der Waals surface area contributed by atoms with Crippen molar-refractivity contribution >= 4 is 23.2 Å². The Morgan fingerprint density at radius 2 is 2.06 bits per heavy atom. The Hall–Kier alpha value is -1.43. The summed E-state index contributed by atoms with van der Waals surface area (Å²) in [4.78, 5) is 28.9. The van der Waals surface area contributed by atoms with Gasteiger partial charge in [-0.05, 0) is 20.8 Å². The molecule has 0 aliphatic rings. The van der Waals surface area contributed by atoms with Crippen LogP contribution in [0, 0.1) is 6.92 Å². The number of rotatable bonds is 6. The lowest BCUT2D eigenvalue weighted by molar-refractivity contribution is -0.151. The molecule has 1 amide bonds. The summed E-state index contributed by atoms with van der Waals surface area (Å²) in [5.74, 6) is -0.580. The van der Waals surface area contributed by atoms with E-state index in [0.717, 1.165) is 5.01 Å². The van der Waals surface area contributed by atoms with Crippen molar-refractivity contribution in [2.75, 3.05) is 19.7 Å². The third kappa shape index (κ3) is 4.44. The Bertz CT molecular complexity index is 413. The largest absolute Gasteiger partial charge is 0.455 e. The van der Waals surface area contributed by atoms with Gasteiger partial charge in [0.25, 0.3) is 5.91 Å². The lowest BCUT2D eigenvalue weighted by Gasteiger charge is -2.18. The van der Waals surface area contributed by atoms with Gasteiger partial charge in [0.1, 0.15) is 0 Å². The number of aromatic nitrogens is 1. The first-order chi connectivity index (χ1) is 8.56. The van der Waals surface area contributed by atoms with Crippen LogP contribution in [0.2, 0.25) is 0 Å². The van der Waals surface area contributed by atoms with Crippen molar-refractivity contribution in [2.45, 2.75) is 27.2 Å². The first kappa shape index (κ1) is 14.6. The van der Waals surface area contributed by atoms with E-state index in [9.17, 15) is 9.59 Å². The fraction of sp³-hybridized carbons (Fsp3) is 0.583. The van der Waals surface area contributed by atoms with Crippen LogP contribution in [0.3, 0.4) is 0 Å². The van der Waals surface area contributed by atoms with Gasteiger partial charge >= 0.3 is 5.97 Å². The summed E-state index contributed by atoms with van der Waals surface area (Å²) in [7, 11) is 0. The molecule has 5 nitrogen and oxygen atoms in total. The van der Waals surface area contributed by atoms with E-state index < -0.39 is 5.97 Å². The first-order valence-corrected chi connectivity index (χ1v) is 6.79. The molecule has 1 heterocycles. The lowest BCUT2D eigenvalue weighted by atomic mass is 10.3. The standard InChI is InChI=1S/C12H18N2O3S/c1-4-14(5-2)11(15)7-17-12(16)6-10-8-18-9(3)13-10/h8H,4-7H2,1-3H3. The fourth-order valence-electron chi connectivity index (χ4n) is 1.50. The number of esters is 1. The van der Waals surface area contributed by atoms with Gasteiger partial charge in [-0.15, -0.1) is 11.3 Å². The van der Waals surface area contributed by atoms with Gasteiger partial charge in [-0.25, -0.2) is 4.98 Å². The fourth-order valence-corrected chi connectivity index (χ4v) is 2.11. The molecule has 0 fully saturated rings. The zero-order chi connectivity index (χ0) is 13.5. The minimum absolute atomic E-state index is 0.121. The Balaban J connectivity index is 2.35. The zero-order valence-electron chi connectivity index (χ0n) is 10.9. The average molecular weight is 270 g/mol. The average Bonchev–Trinajstić information content (AvgIpc) is 2.73. The summed E-state index contributed by atoms with van der Waals surface area (Å²) in [6, 6.07) is 0. The molecule has 0 saturated heterocycles. The van der Waals surface area contributed by atoms with E-state index in [2.05, 4.69) is 4.98 Å². The number of hydrogen-bond acceptors (Lipinski definition) is 5. The van der Waals surface area contributed by atoms with E-state index in [-0.39, 0.29) is 18.9 Å². The van der Waals surface area contributed by atoms with Crippen molar-refractivity contribution in [1.29, 1.82) is 0 Å². The number of likely N-dealkylation sites (N-methyl/N-ethyl adjacent to an activating group) is 1. The molecule has 0 aliphatic carbocycles. The number of amides is 1. The summed E-state index contributed by atoms with van der Waals surface area (Å²) < 4.78 is 4.94. The SMILES string of the molecule is CCN(CC)C(=O)COC(=O)Cc1csc(C)n1. The van der Waals surface area contributed by atoms with Gasteiger partial charge in [0.05, 0.1) is 17.1 Å². The van der Waals surface area contributed by atoms with Crippen LogP contribution in [-0.2, 0) is 20.7 Å². The Morgan fingerprint density at radius 3 is 2.56 bits per heavy atom. The molecule has 0 aliphatic heterocycles. The third-order valence-electron chi connectivity index (χ3n) is 2.46. The summed E-state index contributed by atoms with van der Waals surface area (Å²) >= 11 is 1.49. The molecule has 6 heteroatoms. The van der Waals surface area contributed by atoms with Gasteiger partial charge in [0, 0.05) is 18.5 Å². The molecule has 0 N–H and O–H groups in total. The molecule has 0 saturated carbocycles. The van der Waals surface area contributed by atoms with Crippen LogP contribution in [0.25, 0.3) is 0 Å². The van der Waals surface area contributed by atoms with E-state index in [1.165, 1.54) is 11.3 Å². The predicted octanol–water partition coefficient (Wildman–Crippen LogP) is 1.41. The van der Waals surface area contributed by atoms with Crippen molar-refractivity contribution in [3.05, 3.63) is 16.1 Å². The lowest BCUT2D eigenvalue weighted by Crippen LogP contribution is -2.34. The molecular weight excluding hydrogens is 252 g/mol. The number of carbonyl (C=O) groups is 2. The molecule has 1 aromatic rings. The molecule has 0 bridgehead atoms. The topological polar surface area (TPSA) is 59.5 Å². The Morgan fingerprint density at radius 1 is 1.39 bits per heavy atom. The second-order valence-corrected chi connectivity index (χ2v) is 4.82. The van der Waals surface area contributed by atoms with Crippen molar-refractivity contribution in [1.82, 2.24) is 9.88 Å². The van der Waals surface area contributed by atoms with Crippen LogP contribution < -0.4 is 0 Å². The van der Waals surface area contributed by atoms with Gasteiger partial charge in [-0.1, -0.05) is 0 Å². The van der Waals surface area contributed by atoms with E-state index in [4.69, 9.17) is 4.74 Å². The number of thiazole rings is 1. The van der Waals surface area contributed by atoms with Gasteiger partial charge in [0.15, 0.2) is 6.61 Å². The highest BCUT2D eigenvalue weighted by molar-refractivity contribution is 7.09. The summed E-state index contributed by atoms with van der Waals surface area (Å²) in [6.45, 7) is 6.71. The second-order valence-electron chi connectivity index (χ2n) is 3.76. The quantitative estimate of drug-likeness (QED) is 0.733. The minimum Gasteiger partial charge on any atom is -0.455 e. The molecule has 0 unspecified atom stereocenters. The Kier molecular flexibility index (Phi) is 5.77. The van der Waals surface area contributed by atoms with Crippen molar-refractivity contribution in [3.8, 4) is 0 Å². The summed E-state index contributed by atoms with van der Waals surface area (Å²) in [5.41, 5.74) is 0.692. The normalized spacial score (nSPS) is 10.2.